The molecule has 4 nitrogen and oxygen atoms in total. The summed E-state index contributed by atoms with van der Waals surface area (Å²) in [5.41, 5.74) is 2.57. The second-order valence-corrected chi connectivity index (χ2v) is 6.81. The van der Waals surface area contributed by atoms with Gasteiger partial charge in [-0.2, -0.15) is 0 Å². The molecular formula is C18H28N2O2. The molecule has 2 aliphatic heterocycles. The topological polar surface area (TPSA) is 44.7 Å². The number of fused-ring (bicyclic) bond motifs is 1. The van der Waals surface area contributed by atoms with Crippen LogP contribution in [0.1, 0.15) is 30.9 Å². The van der Waals surface area contributed by atoms with Crippen LogP contribution in [0.4, 0.5) is 0 Å². The van der Waals surface area contributed by atoms with Crippen molar-refractivity contribution in [1.82, 2.24) is 10.2 Å². The molecule has 1 atom stereocenters. The number of likely N-dealkylation sites (tertiary alicyclic amines) is 1. The first-order valence-electron chi connectivity index (χ1n) is 8.56. The van der Waals surface area contributed by atoms with Crippen molar-refractivity contribution in [2.75, 3.05) is 32.8 Å². The van der Waals surface area contributed by atoms with Gasteiger partial charge < -0.3 is 20.1 Å². The summed E-state index contributed by atoms with van der Waals surface area (Å²) in [6, 6.07) is 6.38. The second kappa shape index (κ2) is 7.44. The Hall–Kier alpha value is -1.10. The maximum atomic E-state index is 10.2. The molecule has 4 heteroatoms. The molecule has 0 amide bonds. The first-order valence-corrected chi connectivity index (χ1v) is 8.56. The fourth-order valence-corrected chi connectivity index (χ4v) is 3.34. The van der Waals surface area contributed by atoms with E-state index in [4.69, 9.17) is 4.74 Å². The molecule has 0 radical (unpaired) electrons. The molecule has 1 saturated heterocycles. The monoisotopic (exact) mass is 304 g/mol. The molecule has 0 aromatic heterocycles. The summed E-state index contributed by atoms with van der Waals surface area (Å²) in [7, 11) is 0. The number of hydrogen-bond acceptors (Lipinski definition) is 4. The summed E-state index contributed by atoms with van der Waals surface area (Å²) in [6.45, 7) is 7.63. The van der Waals surface area contributed by atoms with Crippen LogP contribution in [0.15, 0.2) is 18.2 Å². The fourth-order valence-electron chi connectivity index (χ4n) is 3.34. The van der Waals surface area contributed by atoms with Crippen LogP contribution in [-0.4, -0.2) is 48.9 Å². The molecule has 0 spiro atoms. The molecule has 3 rings (SSSR count). The first-order chi connectivity index (χ1) is 10.7. The normalized spacial score (nSPS) is 20.6. The first kappa shape index (κ1) is 15.8. The number of rotatable bonds is 6. The number of hydrogen-bond donors (Lipinski definition) is 2. The Morgan fingerprint density at radius 3 is 3.00 bits per heavy atom. The maximum Gasteiger partial charge on any atom is 0.122 e. The Balaban J connectivity index is 1.37. The second-order valence-electron chi connectivity index (χ2n) is 6.81. The number of β-amino-alcohol motifs (C(OH)–C–C–N with tert-alkyl or cyclic N) is 1. The highest BCUT2D eigenvalue weighted by atomic mass is 16.5. The van der Waals surface area contributed by atoms with Crippen molar-refractivity contribution in [3.63, 3.8) is 0 Å². The Bertz CT molecular complexity index is 484. The highest BCUT2D eigenvalue weighted by Crippen LogP contribution is 2.25. The van der Waals surface area contributed by atoms with Gasteiger partial charge in [-0.1, -0.05) is 19.1 Å². The standard InChI is InChI=1S/C18H28N2O2/c1-14-4-7-20(8-5-14)13-17(21)12-19-11-15-2-3-18-16(10-15)6-9-22-18/h2-3,10,14,17,19,21H,4-9,11-13H2,1H3. The molecule has 2 N–H and O–H groups in total. The number of nitrogens with one attached hydrogen (secondary N) is 1. The number of nitrogens with zero attached hydrogens (tertiary/aromatic N) is 1. The molecule has 1 aromatic rings. The van der Waals surface area contributed by atoms with Crippen LogP contribution in [0.2, 0.25) is 0 Å². The zero-order chi connectivity index (χ0) is 15.4. The van der Waals surface area contributed by atoms with Gasteiger partial charge in [0, 0.05) is 26.1 Å². The van der Waals surface area contributed by atoms with Gasteiger partial charge in [0.15, 0.2) is 0 Å². The molecular weight excluding hydrogens is 276 g/mol. The summed E-state index contributed by atoms with van der Waals surface area (Å²) in [6.07, 6.45) is 3.25. The Morgan fingerprint density at radius 1 is 1.36 bits per heavy atom. The molecule has 0 bridgehead atoms. The summed E-state index contributed by atoms with van der Waals surface area (Å²) in [5.74, 6) is 1.87. The van der Waals surface area contributed by atoms with Gasteiger partial charge in [0.25, 0.3) is 0 Å². The molecule has 2 aliphatic rings. The van der Waals surface area contributed by atoms with Gasteiger partial charge in [0.2, 0.25) is 0 Å². The summed E-state index contributed by atoms with van der Waals surface area (Å²) < 4.78 is 5.52. The van der Waals surface area contributed by atoms with Gasteiger partial charge in [-0.05, 0) is 49.0 Å². The van der Waals surface area contributed by atoms with Gasteiger partial charge in [-0.25, -0.2) is 0 Å². The van der Waals surface area contributed by atoms with Gasteiger partial charge >= 0.3 is 0 Å². The lowest BCUT2D eigenvalue weighted by Gasteiger charge is -2.31. The highest BCUT2D eigenvalue weighted by molar-refractivity contribution is 5.39. The lowest BCUT2D eigenvalue weighted by Crippen LogP contribution is -2.41. The Labute approximate surface area is 133 Å². The van der Waals surface area contributed by atoms with Gasteiger partial charge in [-0.15, -0.1) is 0 Å². The largest absolute Gasteiger partial charge is 0.493 e. The predicted octanol–water partition coefficient (Wildman–Crippen LogP) is 1.80. The van der Waals surface area contributed by atoms with Crippen LogP contribution < -0.4 is 10.1 Å². The predicted molar refractivity (Wildman–Crippen MR) is 88.2 cm³/mol. The third-order valence-electron chi connectivity index (χ3n) is 4.81. The third-order valence-corrected chi connectivity index (χ3v) is 4.81. The van der Waals surface area contributed by atoms with Crippen LogP contribution in [0, 0.1) is 5.92 Å². The van der Waals surface area contributed by atoms with E-state index >= 15 is 0 Å². The summed E-state index contributed by atoms with van der Waals surface area (Å²) in [4.78, 5) is 2.39. The van der Waals surface area contributed by atoms with Crippen LogP contribution in [0.25, 0.3) is 0 Å². The number of benzene rings is 1. The van der Waals surface area contributed by atoms with Crippen LogP contribution in [0.3, 0.4) is 0 Å². The van der Waals surface area contributed by atoms with Gasteiger partial charge in [0.1, 0.15) is 5.75 Å². The lowest BCUT2D eigenvalue weighted by molar-refractivity contribution is 0.0907. The smallest absolute Gasteiger partial charge is 0.122 e. The molecule has 2 heterocycles. The average Bonchev–Trinajstić information content (AvgIpc) is 2.97. The van der Waals surface area contributed by atoms with Crippen molar-refractivity contribution in [3.8, 4) is 5.75 Å². The molecule has 0 aliphatic carbocycles. The van der Waals surface area contributed by atoms with E-state index in [0.717, 1.165) is 50.9 Å². The van der Waals surface area contributed by atoms with E-state index in [1.807, 2.05) is 0 Å². The Kier molecular flexibility index (Phi) is 5.34. The fraction of sp³-hybridized carbons (Fsp3) is 0.667. The molecule has 0 saturated carbocycles. The lowest BCUT2D eigenvalue weighted by atomic mass is 9.99. The Morgan fingerprint density at radius 2 is 2.18 bits per heavy atom. The van der Waals surface area contributed by atoms with Crippen LogP contribution >= 0.6 is 0 Å². The van der Waals surface area contributed by atoms with Crippen molar-refractivity contribution < 1.29 is 9.84 Å². The highest BCUT2D eigenvalue weighted by Gasteiger charge is 2.18. The van der Waals surface area contributed by atoms with Crippen LogP contribution in [-0.2, 0) is 13.0 Å². The summed E-state index contributed by atoms with van der Waals surface area (Å²) >= 11 is 0. The van der Waals surface area contributed by atoms with E-state index in [1.54, 1.807) is 0 Å². The minimum absolute atomic E-state index is 0.286. The molecule has 122 valence electrons. The number of aliphatic hydroxyl groups excluding tert-OH is 1. The molecule has 1 unspecified atom stereocenters. The molecule has 1 aromatic carbocycles. The zero-order valence-corrected chi connectivity index (χ0v) is 13.6. The average molecular weight is 304 g/mol. The van der Waals surface area contributed by atoms with Crippen molar-refractivity contribution in [2.45, 2.75) is 38.8 Å². The minimum atomic E-state index is -0.286. The SMILES string of the molecule is CC1CCN(CC(O)CNCc2ccc3c(c2)CCO3)CC1. The summed E-state index contributed by atoms with van der Waals surface area (Å²) in [5, 5.41) is 13.5. The number of aliphatic hydroxyl groups is 1. The van der Waals surface area contributed by atoms with E-state index in [0.29, 0.717) is 6.54 Å². The van der Waals surface area contributed by atoms with E-state index in [1.165, 1.54) is 24.0 Å². The van der Waals surface area contributed by atoms with E-state index < -0.39 is 0 Å². The molecule has 1 fully saturated rings. The van der Waals surface area contributed by atoms with E-state index in [-0.39, 0.29) is 6.10 Å². The molecule has 22 heavy (non-hydrogen) atoms. The quantitative estimate of drug-likeness (QED) is 0.841. The van der Waals surface area contributed by atoms with E-state index in [9.17, 15) is 5.11 Å². The van der Waals surface area contributed by atoms with Crippen LogP contribution in [0.5, 0.6) is 5.75 Å². The number of ether oxygens (including phenoxy) is 1. The van der Waals surface area contributed by atoms with Gasteiger partial charge in [-0.3, -0.25) is 0 Å². The zero-order valence-electron chi connectivity index (χ0n) is 13.6. The minimum Gasteiger partial charge on any atom is -0.493 e. The maximum absolute atomic E-state index is 10.2. The van der Waals surface area contributed by atoms with Crippen molar-refractivity contribution in [3.05, 3.63) is 29.3 Å². The van der Waals surface area contributed by atoms with Crippen molar-refractivity contribution in [2.24, 2.45) is 5.92 Å². The van der Waals surface area contributed by atoms with E-state index in [2.05, 4.69) is 35.3 Å². The number of piperidine rings is 1. The third kappa shape index (κ3) is 4.22. The van der Waals surface area contributed by atoms with Crippen molar-refractivity contribution in [1.29, 1.82) is 0 Å². The van der Waals surface area contributed by atoms with Crippen molar-refractivity contribution >= 4 is 0 Å². The van der Waals surface area contributed by atoms with Gasteiger partial charge in [0.05, 0.1) is 12.7 Å².